The second-order valence-corrected chi connectivity index (χ2v) is 4.36. The summed E-state index contributed by atoms with van der Waals surface area (Å²) in [5, 5.41) is 3.54. The number of likely N-dealkylation sites (N-methyl/N-ethyl adjacent to an activating group) is 1. The Balaban J connectivity index is 2.47. The molecule has 1 aliphatic heterocycles. The molecule has 1 fully saturated rings. The predicted octanol–water partition coefficient (Wildman–Crippen LogP) is 1.10. The van der Waals surface area contributed by atoms with Gasteiger partial charge in [0, 0.05) is 25.6 Å². The van der Waals surface area contributed by atoms with Crippen LogP contribution in [0.3, 0.4) is 0 Å². The maximum atomic E-state index is 5.83. The van der Waals surface area contributed by atoms with E-state index in [-0.39, 0.29) is 6.10 Å². The van der Waals surface area contributed by atoms with Crippen LogP contribution in [0, 0.1) is 11.8 Å². The Kier molecular flexibility index (Phi) is 6.47. The van der Waals surface area contributed by atoms with Crippen LogP contribution >= 0.6 is 0 Å². The third-order valence-electron chi connectivity index (χ3n) is 2.90. The van der Waals surface area contributed by atoms with Crippen LogP contribution < -0.4 is 5.32 Å². The van der Waals surface area contributed by atoms with E-state index in [0.29, 0.717) is 6.04 Å². The first kappa shape index (κ1) is 13.5. The van der Waals surface area contributed by atoms with Gasteiger partial charge < -0.3 is 15.0 Å². The lowest BCUT2D eigenvalue weighted by Crippen LogP contribution is -2.51. The van der Waals surface area contributed by atoms with Crippen LogP contribution in [0.5, 0.6) is 0 Å². The fourth-order valence-electron chi connectivity index (χ4n) is 1.93. The molecule has 16 heavy (non-hydrogen) atoms. The van der Waals surface area contributed by atoms with Gasteiger partial charge in [0.05, 0.1) is 12.7 Å². The van der Waals surface area contributed by atoms with Crippen LogP contribution in [0.2, 0.25) is 0 Å². The first-order chi connectivity index (χ1) is 7.77. The monoisotopic (exact) mass is 224 g/mol. The fraction of sp³-hybridized carbons (Fsp3) is 0.846. The maximum absolute atomic E-state index is 5.83. The molecule has 1 aliphatic rings. The summed E-state index contributed by atoms with van der Waals surface area (Å²) in [6, 6.07) is 0.371. The summed E-state index contributed by atoms with van der Waals surface area (Å²) < 4.78 is 5.83. The highest BCUT2D eigenvalue weighted by Crippen LogP contribution is 2.10. The lowest BCUT2D eigenvalue weighted by molar-refractivity contribution is -0.0375. The summed E-state index contributed by atoms with van der Waals surface area (Å²) >= 11 is 0. The molecule has 3 heteroatoms. The molecule has 1 heterocycles. The van der Waals surface area contributed by atoms with Gasteiger partial charge in [0.1, 0.15) is 0 Å². The number of rotatable bonds is 5. The van der Waals surface area contributed by atoms with Crippen molar-refractivity contribution in [1.29, 1.82) is 0 Å². The Morgan fingerprint density at radius 3 is 3.00 bits per heavy atom. The van der Waals surface area contributed by atoms with Gasteiger partial charge in [-0.15, -0.1) is 11.8 Å². The molecule has 1 rings (SSSR count). The molecule has 0 radical (unpaired) electrons. The van der Waals surface area contributed by atoms with Crippen molar-refractivity contribution in [3.8, 4) is 11.8 Å². The Hall–Kier alpha value is -0.560. The molecule has 3 nitrogen and oxygen atoms in total. The summed E-state index contributed by atoms with van der Waals surface area (Å²) in [5.74, 6) is 6.12. The smallest absolute Gasteiger partial charge is 0.0864 e. The Labute approximate surface area is 99.5 Å². The number of ether oxygens (including phenoxy) is 1. The second kappa shape index (κ2) is 7.67. The quantitative estimate of drug-likeness (QED) is 0.708. The van der Waals surface area contributed by atoms with E-state index < -0.39 is 0 Å². The van der Waals surface area contributed by atoms with E-state index in [2.05, 4.69) is 36.0 Å². The second-order valence-electron chi connectivity index (χ2n) is 4.36. The van der Waals surface area contributed by atoms with Gasteiger partial charge in [0.15, 0.2) is 0 Å². The minimum Gasteiger partial charge on any atom is -0.374 e. The normalized spacial score (nSPS) is 23.6. The minimum atomic E-state index is 0.283. The zero-order chi connectivity index (χ0) is 11.8. The number of nitrogens with zero attached hydrogens (tertiary/aromatic N) is 1. The van der Waals surface area contributed by atoms with Gasteiger partial charge in [0.2, 0.25) is 0 Å². The number of hydrogen-bond donors (Lipinski definition) is 1. The van der Waals surface area contributed by atoms with E-state index in [4.69, 9.17) is 4.74 Å². The standard InChI is InChI=1S/C13H24N2O/c1-4-6-7-12(14-8-5-2)13-11-15(3)9-10-16-13/h12-14H,5,7-11H2,1-3H3. The summed E-state index contributed by atoms with van der Waals surface area (Å²) in [6.45, 7) is 8.00. The van der Waals surface area contributed by atoms with Crippen LogP contribution in [0.1, 0.15) is 26.7 Å². The summed E-state index contributed by atoms with van der Waals surface area (Å²) in [7, 11) is 2.15. The van der Waals surface area contributed by atoms with Crippen molar-refractivity contribution in [3.63, 3.8) is 0 Å². The van der Waals surface area contributed by atoms with Gasteiger partial charge in [0.25, 0.3) is 0 Å². The van der Waals surface area contributed by atoms with Crippen LogP contribution in [0.15, 0.2) is 0 Å². The third-order valence-corrected chi connectivity index (χ3v) is 2.90. The van der Waals surface area contributed by atoms with E-state index in [0.717, 1.165) is 39.1 Å². The van der Waals surface area contributed by atoms with E-state index in [1.54, 1.807) is 0 Å². The van der Waals surface area contributed by atoms with Crippen LogP contribution in [0.4, 0.5) is 0 Å². The molecule has 0 aromatic heterocycles. The highest BCUT2D eigenvalue weighted by Gasteiger charge is 2.25. The molecule has 0 aliphatic carbocycles. The maximum Gasteiger partial charge on any atom is 0.0864 e. The van der Waals surface area contributed by atoms with Gasteiger partial charge in [-0.25, -0.2) is 0 Å². The molecular formula is C13H24N2O. The van der Waals surface area contributed by atoms with Crippen molar-refractivity contribution < 1.29 is 4.74 Å². The molecule has 2 unspecified atom stereocenters. The van der Waals surface area contributed by atoms with Gasteiger partial charge >= 0.3 is 0 Å². The summed E-state index contributed by atoms with van der Waals surface area (Å²) in [6.07, 6.45) is 2.32. The van der Waals surface area contributed by atoms with E-state index >= 15 is 0 Å². The lowest BCUT2D eigenvalue weighted by Gasteiger charge is -2.35. The zero-order valence-corrected chi connectivity index (χ0v) is 10.8. The third kappa shape index (κ3) is 4.52. The fourth-order valence-corrected chi connectivity index (χ4v) is 1.93. The molecule has 1 N–H and O–H groups in total. The summed E-state index contributed by atoms with van der Waals surface area (Å²) in [4.78, 5) is 2.33. The van der Waals surface area contributed by atoms with E-state index in [1.807, 2.05) is 6.92 Å². The number of nitrogens with one attached hydrogen (secondary N) is 1. The molecule has 0 bridgehead atoms. The van der Waals surface area contributed by atoms with Crippen molar-refractivity contribution >= 4 is 0 Å². The van der Waals surface area contributed by atoms with Crippen molar-refractivity contribution in [2.24, 2.45) is 0 Å². The van der Waals surface area contributed by atoms with Crippen molar-refractivity contribution in [3.05, 3.63) is 0 Å². The van der Waals surface area contributed by atoms with E-state index in [9.17, 15) is 0 Å². The van der Waals surface area contributed by atoms with Gasteiger partial charge in [-0.2, -0.15) is 0 Å². The molecule has 0 amide bonds. The Morgan fingerprint density at radius 2 is 2.38 bits per heavy atom. The van der Waals surface area contributed by atoms with Crippen molar-refractivity contribution in [2.75, 3.05) is 33.3 Å². The van der Waals surface area contributed by atoms with Crippen molar-refractivity contribution in [2.45, 2.75) is 38.8 Å². The summed E-state index contributed by atoms with van der Waals surface area (Å²) in [5.41, 5.74) is 0. The largest absolute Gasteiger partial charge is 0.374 e. The molecular weight excluding hydrogens is 200 g/mol. The highest BCUT2D eigenvalue weighted by molar-refractivity contribution is 5.00. The number of morpholine rings is 1. The Bertz CT molecular complexity index is 244. The molecule has 0 saturated carbocycles. The average molecular weight is 224 g/mol. The molecule has 92 valence electrons. The van der Waals surface area contributed by atoms with Crippen LogP contribution in [0.25, 0.3) is 0 Å². The molecule has 1 saturated heterocycles. The van der Waals surface area contributed by atoms with E-state index in [1.165, 1.54) is 0 Å². The first-order valence-corrected chi connectivity index (χ1v) is 6.21. The van der Waals surface area contributed by atoms with Crippen LogP contribution in [-0.4, -0.2) is 50.3 Å². The highest BCUT2D eigenvalue weighted by atomic mass is 16.5. The van der Waals surface area contributed by atoms with Gasteiger partial charge in [-0.05, 0) is 26.9 Å². The average Bonchev–Trinajstić information content (AvgIpc) is 2.29. The first-order valence-electron chi connectivity index (χ1n) is 6.21. The SMILES string of the molecule is CC#CCC(NCCC)C1CN(C)CCO1. The molecule has 0 aromatic rings. The Morgan fingerprint density at radius 1 is 1.56 bits per heavy atom. The van der Waals surface area contributed by atoms with Crippen molar-refractivity contribution in [1.82, 2.24) is 10.2 Å². The molecule has 2 atom stereocenters. The van der Waals surface area contributed by atoms with Gasteiger partial charge in [-0.1, -0.05) is 6.92 Å². The molecule has 0 aromatic carbocycles. The number of hydrogen-bond acceptors (Lipinski definition) is 3. The minimum absolute atomic E-state index is 0.283. The van der Waals surface area contributed by atoms with Gasteiger partial charge in [-0.3, -0.25) is 0 Å². The molecule has 0 spiro atoms. The topological polar surface area (TPSA) is 24.5 Å². The zero-order valence-electron chi connectivity index (χ0n) is 10.8. The lowest BCUT2D eigenvalue weighted by atomic mass is 10.1. The predicted molar refractivity (Wildman–Crippen MR) is 67.4 cm³/mol. The van der Waals surface area contributed by atoms with Crippen LogP contribution in [-0.2, 0) is 4.74 Å².